The van der Waals surface area contributed by atoms with Crippen molar-refractivity contribution in [2.45, 2.75) is 37.0 Å². The Labute approximate surface area is 96.1 Å². The molecule has 0 aromatic heterocycles. The zero-order valence-electron chi connectivity index (χ0n) is 9.37. The first-order chi connectivity index (χ1) is 7.24. The standard InChI is InChI=1S/C13H19OS/c1-3-4-5-6-8-12-9-7-10-13(11-12)15(2)14/h7,9-11H,1,3-6,8H2,2H3. The minimum Gasteiger partial charge on any atom is -0.612 e. The molecule has 0 heterocycles. The lowest BCUT2D eigenvalue weighted by atomic mass is 10.1. The second-order valence-electron chi connectivity index (χ2n) is 3.77. The van der Waals surface area contributed by atoms with Crippen LogP contribution in [0.4, 0.5) is 0 Å². The van der Waals surface area contributed by atoms with Crippen molar-refractivity contribution in [2.24, 2.45) is 0 Å². The predicted molar refractivity (Wildman–Crippen MR) is 66.3 cm³/mol. The van der Waals surface area contributed by atoms with Gasteiger partial charge in [0.05, 0.1) is 0 Å². The highest BCUT2D eigenvalue weighted by atomic mass is 32.2. The van der Waals surface area contributed by atoms with Crippen molar-refractivity contribution in [1.29, 1.82) is 0 Å². The maximum Gasteiger partial charge on any atom is 0.152 e. The molecule has 0 aliphatic carbocycles. The average Bonchev–Trinajstić information content (AvgIpc) is 2.25. The Morgan fingerprint density at radius 2 is 2.07 bits per heavy atom. The molecule has 1 aromatic rings. The first-order valence-electron chi connectivity index (χ1n) is 5.45. The average molecular weight is 223 g/mol. The summed E-state index contributed by atoms with van der Waals surface area (Å²) in [6, 6.07) is 8.09. The molecule has 0 fully saturated rings. The van der Waals surface area contributed by atoms with Gasteiger partial charge in [-0.15, -0.1) is 0 Å². The highest BCUT2D eigenvalue weighted by molar-refractivity contribution is 7.90. The molecule has 1 rings (SSSR count). The predicted octanol–water partition coefficient (Wildman–Crippen LogP) is 3.36. The second kappa shape index (κ2) is 6.91. The Morgan fingerprint density at radius 3 is 2.73 bits per heavy atom. The molecule has 1 unspecified atom stereocenters. The van der Waals surface area contributed by atoms with Crippen molar-refractivity contribution in [3.63, 3.8) is 0 Å². The molecule has 15 heavy (non-hydrogen) atoms. The fraction of sp³-hybridized carbons (Fsp3) is 0.462. The molecule has 2 heteroatoms. The summed E-state index contributed by atoms with van der Waals surface area (Å²) in [4.78, 5) is 0.935. The van der Waals surface area contributed by atoms with Gasteiger partial charge in [-0.25, -0.2) is 0 Å². The van der Waals surface area contributed by atoms with Crippen molar-refractivity contribution < 1.29 is 4.55 Å². The molecule has 1 nitrogen and oxygen atoms in total. The van der Waals surface area contributed by atoms with E-state index in [-0.39, 0.29) is 0 Å². The number of hydrogen-bond donors (Lipinski definition) is 0. The lowest BCUT2D eigenvalue weighted by Crippen LogP contribution is -1.98. The Hall–Kier alpha value is -0.470. The zero-order chi connectivity index (χ0) is 11.1. The lowest BCUT2D eigenvalue weighted by Gasteiger charge is -2.06. The van der Waals surface area contributed by atoms with Crippen molar-refractivity contribution in [2.75, 3.05) is 6.26 Å². The molecule has 0 saturated heterocycles. The number of rotatable bonds is 6. The topological polar surface area (TPSA) is 23.1 Å². The first kappa shape index (κ1) is 12.6. The van der Waals surface area contributed by atoms with E-state index in [1.807, 2.05) is 12.1 Å². The molecule has 0 saturated carbocycles. The molecule has 0 spiro atoms. The van der Waals surface area contributed by atoms with Crippen molar-refractivity contribution in [3.8, 4) is 0 Å². The summed E-state index contributed by atoms with van der Waals surface area (Å²) in [6.45, 7) is 3.83. The van der Waals surface area contributed by atoms with E-state index in [9.17, 15) is 4.55 Å². The molecule has 83 valence electrons. The fourth-order valence-corrected chi connectivity index (χ4v) is 2.15. The number of aryl methyl sites for hydroxylation is 1. The highest BCUT2D eigenvalue weighted by Gasteiger charge is 2.04. The van der Waals surface area contributed by atoms with Crippen LogP contribution in [0.2, 0.25) is 0 Å². The van der Waals surface area contributed by atoms with Gasteiger partial charge in [0.2, 0.25) is 0 Å². The Kier molecular flexibility index (Phi) is 5.81. The van der Waals surface area contributed by atoms with Gasteiger partial charge in [-0.05, 0) is 41.7 Å². The molecule has 0 N–H and O–H groups in total. The minimum atomic E-state index is -0.858. The smallest absolute Gasteiger partial charge is 0.152 e. The molecular weight excluding hydrogens is 204 g/mol. The van der Waals surface area contributed by atoms with E-state index in [2.05, 4.69) is 19.1 Å². The quantitative estimate of drug-likeness (QED) is 0.535. The first-order valence-corrected chi connectivity index (χ1v) is 7.01. The number of benzene rings is 1. The van der Waals surface area contributed by atoms with Crippen LogP contribution < -0.4 is 0 Å². The molecule has 1 radical (unpaired) electrons. The van der Waals surface area contributed by atoms with Crippen molar-refractivity contribution >= 4 is 11.2 Å². The van der Waals surface area contributed by atoms with Gasteiger partial charge < -0.3 is 4.55 Å². The zero-order valence-corrected chi connectivity index (χ0v) is 10.2. The molecule has 0 amide bonds. The molecule has 1 atom stereocenters. The van der Waals surface area contributed by atoms with Crippen LogP contribution in [0.3, 0.4) is 0 Å². The van der Waals surface area contributed by atoms with E-state index in [4.69, 9.17) is 0 Å². The van der Waals surface area contributed by atoms with E-state index >= 15 is 0 Å². The number of unbranched alkanes of at least 4 members (excludes halogenated alkanes) is 3. The van der Waals surface area contributed by atoms with Crippen LogP contribution in [-0.4, -0.2) is 10.8 Å². The second-order valence-corrected chi connectivity index (χ2v) is 5.15. The maximum atomic E-state index is 11.3. The monoisotopic (exact) mass is 223 g/mol. The third-order valence-electron chi connectivity index (χ3n) is 2.45. The van der Waals surface area contributed by atoms with Crippen LogP contribution in [0.25, 0.3) is 0 Å². The van der Waals surface area contributed by atoms with Gasteiger partial charge in [0.1, 0.15) is 6.26 Å². The largest absolute Gasteiger partial charge is 0.612 e. The molecule has 1 aromatic carbocycles. The van der Waals surface area contributed by atoms with Crippen LogP contribution in [0, 0.1) is 6.92 Å². The summed E-state index contributed by atoms with van der Waals surface area (Å²) in [5.74, 6) is 0. The Morgan fingerprint density at radius 1 is 1.27 bits per heavy atom. The van der Waals surface area contributed by atoms with Gasteiger partial charge in [-0.3, -0.25) is 0 Å². The van der Waals surface area contributed by atoms with E-state index in [1.165, 1.54) is 24.8 Å². The summed E-state index contributed by atoms with van der Waals surface area (Å²) in [6.07, 6.45) is 7.49. The van der Waals surface area contributed by atoms with Gasteiger partial charge in [0.25, 0.3) is 0 Å². The van der Waals surface area contributed by atoms with Gasteiger partial charge in [0.15, 0.2) is 4.90 Å². The van der Waals surface area contributed by atoms with Crippen LogP contribution in [-0.2, 0) is 17.6 Å². The fourth-order valence-electron chi connectivity index (χ4n) is 1.56. The normalized spacial score (nSPS) is 12.7. The Balaban J connectivity index is 2.43. The van der Waals surface area contributed by atoms with Crippen LogP contribution in [0.15, 0.2) is 29.2 Å². The van der Waals surface area contributed by atoms with Gasteiger partial charge in [-0.2, -0.15) is 0 Å². The summed E-state index contributed by atoms with van der Waals surface area (Å²) in [5.41, 5.74) is 1.30. The number of hydrogen-bond acceptors (Lipinski definition) is 1. The summed E-state index contributed by atoms with van der Waals surface area (Å²) >= 11 is -0.858. The molecular formula is C13H19OS. The molecule has 0 aliphatic rings. The summed E-state index contributed by atoms with van der Waals surface area (Å²) in [5, 5.41) is 0. The van der Waals surface area contributed by atoms with Crippen LogP contribution in [0.1, 0.15) is 31.2 Å². The van der Waals surface area contributed by atoms with Gasteiger partial charge in [-0.1, -0.05) is 38.3 Å². The third-order valence-corrected chi connectivity index (χ3v) is 3.36. The SMILES string of the molecule is [CH2]CCCCCc1cccc([S+](C)[O-])c1. The van der Waals surface area contributed by atoms with Gasteiger partial charge in [0, 0.05) is 0 Å². The van der Waals surface area contributed by atoms with E-state index in [1.54, 1.807) is 6.26 Å². The van der Waals surface area contributed by atoms with Crippen LogP contribution in [0.5, 0.6) is 0 Å². The maximum absolute atomic E-state index is 11.3. The van der Waals surface area contributed by atoms with Crippen LogP contribution >= 0.6 is 0 Å². The van der Waals surface area contributed by atoms with E-state index < -0.39 is 11.2 Å². The Bertz CT molecular complexity index is 284. The van der Waals surface area contributed by atoms with E-state index in [0.717, 1.165) is 17.7 Å². The minimum absolute atomic E-state index is 0.858. The lowest BCUT2D eigenvalue weighted by molar-refractivity contribution is 0.600. The highest BCUT2D eigenvalue weighted by Crippen LogP contribution is 2.13. The van der Waals surface area contributed by atoms with E-state index in [0.29, 0.717) is 0 Å². The molecule has 0 aliphatic heterocycles. The van der Waals surface area contributed by atoms with Gasteiger partial charge >= 0.3 is 0 Å². The third kappa shape index (κ3) is 4.72. The van der Waals surface area contributed by atoms with Crippen molar-refractivity contribution in [3.05, 3.63) is 36.8 Å². The molecule has 0 bridgehead atoms. The van der Waals surface area contributed by atoms with Crippen molar-refractivity contribution in [1.82, 2.24) is 0 Å². The summed E-state index contributed by atoms with van der Waals surface area (Å²) < 4.78 is 11.3. The summed E-state index contributed by atoms with van der Waals surface area (Å²) in [7, 11) is 0.